The van der Waals surface area contributed by atoms with Gasteiger partial charge in [0.05, 0.1) is 27.2 Å². The summed E-state index contributed by atoms with van der Waals surface area (Å²) >= 11 is 0. The Balaban J connectivity index is 1.69. The van der Waals surface area contributed by atoms with Crippen molar-refractivity contribution in [2.24, 2.45) is 5.92 Å². The normalized spacial score (nSPS) is 20.2. The predicted molar refractivity (Wildman–Crippen MR) is 125 cm³/mol. The molecule has 2 heterocycles. The van der Waals surface area contributed by atoms with E-state index < -0.39 is 11.7 Å². The average molecular weight is 471 g/mol. The lowest BCUT2D eigenvalue weighted by molar-refractivity contribution is -0.136. The summed E-state index contributed by atoms with van der Waals surface area (Å²) in [5.41, 5.74) is 1.25. The second-order valence-corrected chi connectivity index (χ2v) is 8.77. The molecule has 0 N–H and O–H groups in total. The second kappa shape index (κ2) is 10.3. The Morgan fingerprint density at radius 1 is 0.853 bits per heavy atom. The first-order valence-electron chi connectivity index (χ1n) is 11.6. The van der Waals surface area contributed by atoms with Crippen molar-refractivity contribution in [2.75, 3.05) is 47.5 Å². The molecule has 8 heteroatoms. The minimum atomic E-state index is -0.398. The van der Waals surface area contributed by atoms with Gasteiger partial charge in [-0.3, -0.25) is 9.59 Å². The standard InChI is InChI=1S/C26H31FN2O5/c1-32-22-13-18(14-23(33-2)24(22)34-3)20-15-29(25(30)17-7-9-19(27)10-8-17)16-21(20)26(31)28-11-5-4-6-12-28/h7-10,13-14,20-21H,4-6,11-12,15-16H2,1-3H3. The molecule has 0 bridgehead atoms. The molecule has 2 aromatic rings. The minimum Gasteiger partial charge on any atom is -0.493 e. The highest BCUT2D eigenvalue weighted by Crippen LogP contribution is 2.44. The second-order valence-electron chi connectivity index (χ2n) is 8.77. The maximum atomic E-state index is 13.6. The molecule has 4 rings (SSSR count). The highest BCUT2D eigenvalue weighted by atomic mass is 19.1. The highest BCUT2D eigenvalue weighted by molar-refractivity contribution is 5.95. The van der Waals surface area contributed by atoms with Gasteiger partial charge in [0.25, 0.3) is 5.91 Å². The Hall–Kier alpha value is -3.29. The number of halogens is 1. The van der Waals surface area contributed by atoms with E-state index in [4.69, 9.17) is 14.2 Å². The number of hydrogen-bond acceptors (Lipinski definition) is 5. The molecule has 0 saturated carbocycles. The Labute approximate surface area is 199 Å². The van der Waals surface area contributed by atoms with Gasteiger partial charge in [0, 0.05) is 37.7 Å². The van der Waals surface area contributed by atoms with Crippen molar-refractivity contribution in [3.8, 4) is 17.2 Å². The van der Waals surface area contributed by atoms with Gasteiger partial charge >= 0.3 is 0 Å². The van der Waals surface area contributed by atoms with Crippen molar-refractivity contribution in [1.29, 1.82) is 0 Å². The van der Waals surface area contributed by atoms with E-state index in [1.54, 1.807) is 26.2 Å². The number of carbonyl (C=O) groups excluding carboxylic acids is 2. The van der Waals surface area contributed by atoms with Crippen molar-refractivity contribution in [3.63, 3.8) is 0 Å². The number of rotatable bonds is 6. The Morgan fingerprint density at radius 2 is 1.47 bits per heavy atom. The van der Waals surface area contributed by atoms with E-state index in [1.807, 2.05) is 17.0 Å². The van der Waals surface area contributed by atoms with Crippen LogP contribution in [0.2, 0.25) is 0 Å². The van der Waals surface area contributed by atoms with E-state index >= 15 is 0 Å². The predicted octanol–water partition coefficient (Wildman–Crippen LogP) is 3.72. The number of nitrogens with zero attached hydrogens (tertiary/aromatic N) is 2. The van der Waals surface area contributed by atoms with E-state index in [2.05, 4.69) is 0 Å². The summed E-state index contributed by atoms with van der Waals surface area (Å²) in [7, 11) is 4.65. The fraction of sp³-hybridized carbons (Fsp3) is 0.462. The molecule has 7 nitrogen and oxygen atoms in total. The fourth-order valence-corrected chi connectivity index (χ4v) is 5.00. The van der Waals surface area contributed by atoms with Crippen LogP contribution in [0.15, 0.2) is 36.4 Å². The zero-order valence-corrected chi connectivity index (χ0v) is 19.9. The number of likely N-dealkylation sites (tertiary alicyclic amines) is 2. The summed E-state index contributed by atoms with van der Waals surface area (Å²) in [4.78, 5) is 30.5. The van der Waals surface area contributed by atoms with Crippen LogP contribution in [-0.4, -0.2) is 69.1 Å². The summed E-state index contributed by atoms with van der Waals surface area (Å²) in [6.45, 7) is 2.14. The first-order valence-corrected chi connectivity index (χ1v) is 11.6. The number of piperidine rings is 1. The first-order chi connectivity index (χ1) is 16.5. The summed E-state index contributed by atoms with van der Waals surface area (Å²) in [6.07, 6.45) is 3.11. The van der Waals surface area contributed by atoms with Gasteiger partial charge in [0.1, 0.15) is 5.82 Å². The van der Waals surface area contributed by atoms with Gasteiger partial charge < -0.3 is 24.0 Å². The van der Waals surface area contributed by atoms with Crippen LogP contribution < -0.4 is 14.2 Å². The minimum absolute atomic E-state index is 0.0628. The summed E-state index contributed by atoms with van der Waals surface area (Å²) in [5, 5.41) is 0. The maximum absolute atomic E-state index is 13.6. The number of amides is 2. The third-order valence-corrected chi connectivity index (χ3v) is 6.80. The lowest BCUT2D eigenvalue weighted by atomic mass is 9.87. The summed E-state index contributed by atoms with van der Waals surface area (Å²) in [6, 6.07) is 9.22. The van der Waals surface area contributed by atoms with Gasteiger partial charge in [0.15, 0.2) is 11.5 Å². The SMILES string of the molecule is COc1cc(C2CN(C(=O)c3ccc(F)cc3)CC2C(=O)N2CCCCC2)cc(OC)c1OC. The molecule has 2 atom stereocenters. The molecule has 0 spiro atoms. The molecule has 2 fully saturated rings. The van der Waals surface area contributed by atoms with Gasteiger partial charge in [-0.15, -0.1) is 0 Å². The topological polar surface area (TPSA) is 68.3 Å². The monoisotopic (exact) mass is 470 g/mol. The van der Waals surface area contributed by atoms with Crippen LogP contribution in [0.5, 0.6) is 17.2 Å². The molecular weight excluding hydrogens is 439 g/mol. The third kappa shape index (κ3) is 4.67. The molecule has 0 aromatic heterocycles. The molecular formula is C26H31FN2O5. The lowest BCUT2D eigenvalue weighted by Gasteiger charge is -2.31. The maximum Gasteiger partial charge on any atom is 0.253 e. The number of ether oxygens (including phenoxy) is 3. The van der Waals surface area contributed by atoms with Crippen LogP contribution in [-0.2, 0) is 4.79 Å². The van der Waals surface area contributed by atoms with Crippen LogP contribution in [0, 0.1) is 11.7 Å². The molecule has 2 aliphatic heterocycles. The van der Waals surface area contributed by atoms with Crippen molar-refractivity contribution >= 4 is 11.8 Å². The molecule has 0 radical (unpaired) electrons. The summed E-state index contributed by atoms with van der Waals surface area (Å²) in [5.74, 6) is 0.294. The van der Waals surface area contributed by atoms with E-state index in [0.29, 0.717) is 35.9 Å². The molecule has 0 aliphatic carbocycles. The van der Waals surface area contributed by atoms with Gasteiger partial charge in [0.2, 0.25) is 11.7 Å². The van der Waals surface area contributed by atoms with Crippen LogP contribution >= 0.6 is 0 Å². The van der Waals surface area contributed by atoms with Crippen molar-refractivity contribution < 1.29 is 28.2 Å². The fourth-order valence-electron chi connectivity index (χ4n) is 5.00. The first kappa shape index (κ1) is 23.9. The highest BCUT2D eigenvalue weighted by Gasteiger charge is 2.43. The number of methoxy groups -OCH3 is 3. The Morgan fingerprint density at radius 3 is 2.03 bits per heavy atom. The van der Waals surface area contributed by atoms with Crippen LogP contribution in [0.4, 0.5) is 4.39 Å². The number of hydrogen-bond donors (Lipinski definition) is 0. The quantitative estimate of drug-likeness (QED) is 0.644. The largest absolute Gasteiger partial charge is 0.493 e. The zero-order valence-electron chi connectivity index (χ0n) is 19.9. The van der Waals surface area contributed by atoms with E-state index in [-0.39, 0.29) is 17.7 Å². The molecule has 2 saturated heterocycles. The van der Waals surface area contributed by atoms with Gasteiger partial charge in [-0.05, 0) is 61.2 Å². The smallest absolute Gasteiger partial charge is 0.253 e. The lowest BCUT2D eigenvalue weighted by Crippen LogP contribution is -2.42. The number of carbonyl (C=O) groups is 2. The Kier molecular flexibility index (Phi) is 7.24. The molecule has 34 heavy (non-hydrogen) atoms. The van der Waals surface area contributed by atoms with Crippen LogP contribution in [0.25, 0.3) is 0 Å². The van der Waals surface area contributed by atoms with Crippen LogP contribution in [0.3, 0.4) is 0 Å². The van der Waals surface area contributed by atoms with Gasteiger partial charge in [-0.2, -0.15) is 0 Å². The van der Waals surface area contributed by atoms with Crippen molar-refractivity contribution in [2.45, 2.75) is 25.2 Å². The van der Waals surface area contributed by atoms with Gasteiger partial charge in [-0.25, -0.2) is 4.39 Å². The third-order valence-electron chi connectivity index (χ3n) is 6.80. The van der Waals surface area contributed by atoms with Crippen molar-refractivity contribution in [1.82, 2.24) is 9.80 Å². The molecule has 2 aliphatic rings. The Bertz CT molecular complexity index is 1010. The van der Waals surface area contributed by atoms with E-state index in [9.17, 15) is 14.0 Å². The van der Waals surface area contributed by atoms with Gasteiger partial charge in [-0.1, -0.05) is 0 Å². The zero-order chi connectivity index (χ0) is 24.2. The average Bonchev–Trinajstić information content (AvgIpc) is 3.33. The van der Waals surface area contributed by atoms with Crippen LogP contribution in [0.1, 0.15) is 41.1 Å². The molecule has 182 valence electrons. The van der Waals surface area contributed by atoms with E-state index in [0.717, 1.165) is 37.9 Å². The molecule has 2 amide bonds. The summed E-state index contributed by atoms with van der Waals surface area (Å²) < 4.78 is 29.9. The molecule has 2 aromatic carbocycles. The number of benzene rings is 2. The van der Waals surface area contributed by atoms with Crippen molar-refractivity contribution in [3.05, 3.63) is 53.3 Å². The van der Waals surface area contributed by atoms with E-state index in [1.165, 1.54) is 24.3 Å². The molecule has 2 unspecified atom stereocenters.